The predicted molar refractivity (Wildman–Crippen MR) is 122 cm³/mol. The highest BCUT2D eigenvalue weighted by atomic mass is 35.5. The third-order valence-corrected chi connectivity index (χ3v) is 5.71. The van der Waals surface area contributed by atoms with Crippen LogP contribution in [0.3, 0.4) is 0 Å². The van der Waals surface area contributed by atoms with Crippen molar-refractivity contribution in [2.24, 2.45) is 10.7 Å². The average Bonchev–Trinajstić information content (AvgIpc) is 3.02. The summed E-state index contributed by atoms with van der Waals surface area (Å²) in [4.78, 5) is 38.7. The Bertz CT molecular complexity index is 1230. The van der Waals surface area contributed by atoms with Crippen LogP contribution in [0, 0.1) is 0 Å². The summed E-state index contributed by atoms with van der Waals surface area (Å²) in [7, 11) is 1.60. The topological polar surface area (TPSA) is 114 Å². The lowest BCUT2D eigenvalue weighted by atomic mass is 9.89. The molecule has 0 fully saturated rings. The van der Waals surface area contributed by atoms with E-state index in [1.807, 2.05) is 36.4 Å². The van der Waals surface area contributed by atoms with Gasteiger partial charge in [-0.1, -0.05) is 35.9 Å². The second-order valence-corrected chi connectivity index (χ2v) is 8.03. The van der Waals surface area contributed by atoms with Crippen LogP contribution in [0.15, 0.2) is 66.2 Å². The molecule has 2 aromatic carbocycles. The van der Waals surface area contributed by atoms with Crippen LogP contribution >= 0.6 is 11.6 Å². The second-order valence-electron chi connectivity index (χ2n) is 7.60. The summed E-state index contributed by atoms with van der Waals surface area (Å²) in [5, 5.41) is 3.44. The highest BCUT2D eigenvalue weighted by Gasteiger charge is 2.43. The Balaban J connectivity index is 1.66. The maximum atomic E-state index is 12.8. The van der Waals surface area contributed by atoms with Crippen molar-refractivity contribution in [3.63, 3.8) is 0 Å². The van der Waals surface area contributed by atoms with E-state index in [4.69, 9.17) is 17.3 Å². The average molecular weight is 449 g/mol. The first kappa shape index (κ1) is 21.5. The summed E-state index contributed by atoms with van der Waals surface area (Å²) >= 11 is 6.28. The van der Waals surface area contributed by atoms with Crippen LogP contribution in [0.2, 0.25) is 5.02 Å². The van der Waals surface area contributed by atoms with Crippen LogP contribution in [0.5, 0.6) is 0 Å². The van der Waals surface area contributed by atoms with Gasteiger partial charge in [0.2, 0.25) is 0 Å². The van der Waals surface area contributed by atoms with E-state index in [1.54, 1.807) is 20.0 Å². The summed E-state index contributed by atoms with van der Waals surface area (Å²) < 4.78 is 0. The third-order valence-electron chi connectivity index (χ3n) is 5.47. The molecule has 1 unspecified atom stereocenters. The smallest absolute Gasteiger partial charge is 0.261 e. The van der Waals surface area contributed by atoms with Crippen molar-refractivity contribution >= 4 is 29.4 Å². The fourth-order valence-electron chi connectivity index (χ4n) is 3.63. The van der Waals surface area contributed by atoms with Crippen molar-refractivity contribution in [2.45, 2.75) is 19.0 Å². The summed E-state index contributed by atoms with van der Waals surface area (Å²) in [5.41, 5.74) is 8.40. The SMILES string of the molecule is CN1C(=O)C(C)(c2cccc(-c3cc(Cl)ccc3CNC(=O)c3cncnc3)c2)N=C1N. The molecule has 3 aromatic rings. The van der Waals surface area contributed by atoms with Gasteiger partial charge in [0.25, 0.3) is 11.8 Å². The molecule has 1 aromatic heterocycles. The van der Waals surface area contributed by atoms with E-state index >= 15 is 0 Å². The van der Waals surface area contributed by atoms with E-state index in [2.05, 4.69) is 20.3 Å². The van der Waals surface area contributed by atoms with Crippen LogP contribution in [0.25, 0.3) is 11.1 Å². The number of hydrogen-bond acceptors (Lipinski definition) is 6. The molecule has 162 valence electrons. The van der Waals surface area contributed by atoms with Gasteiger partial charge in [0.05, 0.1) is 5.56 Å². The quantitative estimate of drug-likeness (QED) is 0.623. The number of aliphatic imine (C=N–C) groups is 1. The number of nitrogens with one attached hydrogen (secondary N) is 1. The lowest BCUT2D eigenvalue weighted by Gasteiger charge is -2.21. The molecule has 9 heteroatoms. The maximum absolute atomic E-state index is 12.8. The molecule has 2 amide bonds. The number of amides is 2. The Morgan fingerprint density at radius 1 is 1.19 bits per heavy atom. The van der Waals surface area contributed by atoms with Crippen LogP contribution in [0.1, 0.15) is 28.4 Å². The Hall–Kier alpha value is -3.78. The van der Waals surface area contributed by atoms with Crippen molar-refractivity contribution in [3.05, 3.63) is 82.9 Å². The largest absolute Gasteiger partial charge is 0.369 e. The van der Waals surface area contributed by atoms with E-state index in [9.17, 15) is 9.59 Å². The minimum Gasteiger partial charge on any atom is -0.369 e. The number of carbonyl (C=O) groups is 2. The van der Waals surface area contributed by atoms with Gasteiger partial charge in [-0.15, -0.1) is 0 Å². The molecule has 0 bridgehead atoms. The Morgan fingerprint density at radius 2 is 1.94 bits per heavy atom. The van der Waals surface area contributed by atoms with Gasteiger partial charge >= 0.3 is 0 Å². The molecule has 8 nitrogen and oxygen atoms in total. The number of guanidine groups is 1. The molecule has 0 saturated carbocycles. The van der Waals surface area contributed by atoms with Crippen LogP contribution in [0.4, 0.5) is 0 Å². The van der Waals surface area contributed by atoms with Crippen molar-refractivity contribution < 1.29 is 9.59 Å². The number of aromatic nitrogens is 2. The molecule has 0 saturated heterocycles. The number of hydrogen-bond donors (Lipinski definition) is 2. The first-order valence-corrected chi connectivity index (χ1v) is 10.2. The van der Waals surface area contributed by atoms with E-state index in [0.29, 0.717) is 16.1 Å². The molecule has 0 aliphatic carbocycles. The highest BCUT2D eigenvalue weighted by molar-refractivity contribution is 6.30. The van der Waals surface area contributed by atoms with Crippen LogP contribution < -0.4 is 11.1 Å². The standard InChI is InChI=1S/C23H21ClN6O2/c1-23(21(32)30(2)22(25)29-23)17-5-3-4-14(8-17)19-9-18(24)7-6-15(19)12-28-20(31)16-10-26-13-27-11-16/h3-11,13H,12H2,1-2H3,(H2,25,29)(H,28,31). The monoisotopic (exact) mass is 448 g/mol. The molecule has 0 radical (unpaired) electrons. The van der Waals surface area contributed by atoms with Crippen LogP contribution in [-0.4, -0.2) is 39.7 Å². The van der Waals surface area contributed by atoms with Gasteiger partial charge in [-0.3, -0.25) is 14.5 Å². The number of halogens is 1. The fourth-order valence-corrected chi connectivity index (χ4v) is 3.80. The molecule has 32 heavy (non-hydrogen) atoms. The third kappa shape index (κ3) is 3.92. The first-order chi connectivity index (χ1) is 15.3. The molecule has 4 rings (SSSR count). The van der Waals surface area contributed by atoms with Crippen LogP contribution in [-0.2, 0) is 16.9 Å². The molecule has 1 aliphatic heterocycles. The minimum atomic E-state index is -1.10. The molecule has 1 atom stereocenters. The molecule has 0 spiro atoms. The summed E-state index contributed by atoms with van der Waals surface area (Å²) in [6.07, 6.45) is 4.28. The van der Waals surface area contributed by atoms with Gasteiger partial charge < -0.3 is 11.1 Å². The van der Waals surface area contributed by atoms with Gasteiger partial charge in [0.15, 0.2) is 11.5 Å². The van der Waals surface area contributed by atoms with Gasteiger partial charge in [0, 0.05) is 31.0 Å². The normalized spacial score (nSPS) is 17.9. The highest BCUT2D eigenvalue weighted by Crippen LogP contribution is 2.35. The van der Waals surface area contributed by atoms with Gasteiger partial charge in [-0.05, 0) is 47.4 Å². The Labute approximate surface area is 190 Å². The number of carbonyl (C=O) groups excluding carboxylic acids is 2. The zero-order chi connectivity index (χ0) is 22.9. The molecule has 2 heterocycles. The van der Waals surface area contributed by atoms with E-state index in [1.165, 1.54) is 23.6 Å². The van der Waals surface area contributed by atoms with Gasteiger partial charge in [0.1, 0.15) is 6.33 Å². The van der Waals surface area contributed by atoms with Crippen molar-refractivity contribution in [1.82, 2.24) is 20.2 Å². The predicted octanol–water partition coefficient (Wildman–Crippen LogP) is 2.73. The van der Waals surface area contributed by atoms with Crippen molar-refractivity contribution in [2.75, 3.05) is 7.05 Å². The first-order valence-electron chi connectivity index (χ1n) is 9.85. The Kier molecular flexibility index (Phi) is 5.63. The van der Waals surface area contributed by atoms with Gasteiger partial charge in [-0.2, -0.15) is 0 Å². The number of nitrogens with zero attached hydrogens (tertiary/aromatic N) is 4. The summed E-state index contributed by atoms with van der Waals surface area (Å²) in [6.45, 7) is 2.01. The summed E-state index contributed by atoms with van der Waals surface area (Å²) in [6, 6.07) is 13.0. The van der Waals surface area contributed by atoms with E-state index in [0.717, 1.165) is 16.7 Å². The minimum absolute atomic E-state index is 0.180. The number of nitrogens with two attached hydrogens (primary N) is 1. The van der Waals surface area contributed by atoms with Crippen molar-refractivity contribution in [1.29, 1.82) is 0 Å². The molecule has 3 N–H and O–H groups in total. The second kappa shape index (κ2) is 8.39. The lowest BCUT2D eigenvalue weighted by Crippen LogP contribution is -2.38. The summed E-state index contributed by atoms with van der Waals surface area (Å²) in [5.74, 6) is -0.299. The molecule has 1 aliphatic rings. The zero-order valence-electron chi connectivity index (χ0n) is 17.5. The van der Waals surface area contributed by atoms with Gasteiger partial charge in [-0.25, -0.2) is 15.0 Å². The zero-order valence-corrected chi connectivity index (χ0v) is 18.3. The maximum Gasteiger partial charge on any atom is 0.261 e. The van der Waals surface area contributed by atoms with Crippen molar-refractivity contribution in [3.8, 4) is 11.1 Å². The van der Waals surface area contributed by atoms with E-state index in [-0.39, 0.29) is 24.3 Å². The molecular formula is C23H21ClN6O2. The van der Waals surface area contributed by atoms with E-state index < -0.39 is 5.54 Å². The number of likely N-dealkylation sites (N-methyl/N-ethyl adjacent to an activating group) is 1. The molecular weight excluding hydrogens is 428 g/mol. The lowest BCUT2D eigenvalue weighted by molar-refractivity contribution is -0.130. The Morgan fingerprint density at radius 3 is 2.62 bits per heavy atom. The number of rotatable bonds is 5. The number of benzene rings is 2. The fraction of sp³-hybridized carbons (Fsp3) is 0.174.